The van der Waals surface area contributed by atoms with Gasteiger partial charge < -0.3 is 10.2 Å². The van der Waals surface area contributed by atoms with Crippen molar-refractivity contribution in [1.29, 1.82) is 0 Å². The molecule has 0 saturated carbocycles. The van der Waals surface area contributed by atoms with E-state index in [4.69, 9.17) is 10.2 Å². The van der Waals surface area contributed by atoms with Crippen molar-refractivity contribution in [3.63, 3.8) is 0 Å². The molecule has 0 aliphatic heterocycles. The lowest BCUT2D eigenvalue weighted by Crippen LogP contribution is -1.91. The Hall–Kier alpha value is -1.90. The molecule has 0 radical (unpaired) electrons. The van der Waals surface area contributed by atoms with Crippen LogP contribution in [-0.2, 0) is 13.2 Å². The molecule has 0 amide bonds. The average Bonchev–Trinajstić information content (AvgIpc) is 2.46. The van der Waals surface area contributed by atoms with E-state index in [1.165, 1.54) is 0 Å². The number of hydrogen-bond acceptors (Lipinski definition) is 2. The fraction of sp³-hybridized carbons (Fsp3) is 0.125. The Morgan fingerprint density at radius 1 is 0.833 bits per heavy atom. The molecule has 2 heteroatoms. The predicted octanol–water partition coefficient (Wildman–Crippen LogP) is 2.73. The van der Waals surface area contributed by atoms with Gasteiger partial charge in [0.05, 0.1) is 13.2 Å². The first-order valence-electron chi connectivity index (χ1n) is 5.84. The maximum absolute atomic E-state index is 9.13. The summed E-state index contributed by atoms with van der Waals surface area (Å²) < 4.78 is 0. The Labute approximate surface area is 107 Å². The fourth-order valence-electron chi connectivity index (χ4n) is 1.88. The molecular weight excluding hydrogens is 224 g/mol. The highest BCUT2D eigenvalue weighted by Gasteiger charge is 2.04. The van der Waals surface area contributed by atoms with Crippen molar-refractivity contribution in [3.8, 4) is 0 Å². The van der Waals surface area contributed by atoms with E-state index in [1.54, 1.807) is 0 Å². The van der Waals surface area contributed by atoms with Gasteiger partial charge in [-0.1, -0.05) is 43.0 Å². The van der Waals surface area contributed by atoms with Crippen LogP contribution in [0, 0.1) is 0 Å². The Bertz CT molecular complexity index is 509. The van der Waals surface area contributed by atoms with Crippen LogP contribution in [0.1, 0.15) is 22.3 Å². The molecule has 2 aromatic rings. The molecule has 2 nitrogen and oxygen atoms in total. The number of rotatable bonds is 4. The normalized spacial score (nSPS) is 10.3. The second kappa shape index (κ2) is 5.63. The standard InChI is InChI=1S/C16H16O2/c1-12(15-6-2-4-13(8-15)10-17)16-7-3-5-14(9-16)11-18/h2-9,17-18H,1,10-11H2. The van der Waals surface area contributed by atoms with Gasteiger partial charge in [0, 0.05) is 0 Å². The molecule has 0 aliphatic carbocycles. The highest BCUT2D eigenvalue weighted by atomic mass is 16.3. The largest absolute Gasteiger partial charge is 0.392 e. The summed E-state index contributed by atoms with van der Waals surface area (Å²) in [6.07, 6.45) is 0. The summed E-state index contributed by atoms with van der Waals surface area (Å²) >= 11 is 0. The van der Waals surface area contributed by atoms with Crippen LogP contribution in [0.2, 0.25) is 0 Å². The topological polar surface area (TPSA) is 40.5 Å². The monoisotopic (exact) mass is 240 g/mol. The van der Waals surface area contributed by atoms with Crippen molar-refractivity contribution in [2.75, 3.05) is 0 Å². The molecule has 92 valence electrons. The quantitative estimate of drug-likeness (QED) is 0.862. The van der Waals surface area contributed by atoms with Crippen molar-refractivity contribution in [2.24, 2.45) is 0 Å². The highest BCUT2D eigenvalue weighted by molar-refractivity contribution is 5.78. The fourth-order valence-corrected chi connectivity index (χ4v) is 1.88. The van der Waals surface area contributed by atoms with E-state index in [-0.39, 0.29) is 13.2 Å². The van der Waals surface area contributed by atoms with Crippen LogP contribution >= 0.6 is 0 Å². The van der Waals surface area contributed by atoms with Gasteiger partial charge in [-0.15, -0.1) is 0 Å². The first-order chi connectivity index (χ1) is 8.74. The summed E-state index contributed by atoms with van der Waals surface area (Å²) in [5.41, 5.74) is 4.59. The van der Waals surface area contributed by atoms with E-state index >= 15 is 0 Å². The molecule has 2 aromatic carbocycles. The number of benzene rings is 2. The summed E-state index contributed by atoms with van der Waals surface area (Å²) in [7, 11) is 0. The lowest BCUT2D eigenvalue weighted by Gasteiger charge is -2.09. The minimum Gasteiger partial charge on any atom is -0.392 e. The Kier molecular flexibility index (Phi) is 3.92. The Morgan fingerprint density at radius 2 is 1.28 bits per heavy atom. The Morgan fingerprint density at radius 3 is 1.67 bits per heavy atom. The number of hydrogen-bond donors (Lipinski definition) is 2. The van der Waals surface area contributed by atoms with Gasteiger partial charge in [0.2, 0.25) is 0 Å². The van der Waals surface area contributed by atoms with Gasteiger partial charge in [0.25, 0.3) is 0 Å². The molecule has 0 heterocycles. The first-order valence-corrected chi connectivity index (χ1v) is 5.84. The molecule has 0 unspecified atom stereocenters. The van der Waals surface area contributed by atoms with Crippen LogP contribution in [0.5, 0.6) is 0 Å². The SMILES string of the molecule is C=C(c1cccc(CO)c1)c1cccc(CO)c1. The van der Waals surface area contributed by atoms with E-state index in [9.17, 15) is 0 Å². The van der Waals surface area contributed by atoms with E-state index < -0.39 is 0 Å². The van der Waals surface area contributed by atoms with Crippen LogP contribution in [0.3, 0.4) is 0 Å². The second-order valence-electron chi connectivity index (χ2n) is 4.20. The minimum atomic E-state index is 0.0256. The summed E-state index contributed by atoms with van der Waals surface area (Å²) in [4.78, 5) is 0. The maximum Gasteiger partial charge on any atom is 0.0682 e. The zero-order valence-corrected chi connectivity index (χ0v) is 10.1. The smallest absolute Gasteiger partial charge is 0.0682 e. The molecule has 0 atom stereocenters. The van der Waals surface area contributed by atoms with Crippen LogP contribution in [-0.4, -0.2) is 10.2 Å². The molecule has 0 bridgehead atoms. The molecule has 0 saturated heterocycles. The second-order valence-corrected chi connectivity index (χ2v) is 4.20. The molecule has 0 spiro atoms. The van der Waals surface area contributed by atoms with E-state index in [0.717, 1.165) is 27.8 Å². The molecule has 18 heavy (non-hydrogen) atoms. The lowest BCUT2D eigenvalue weighted by molar-refractivity contribution is 0.281. The molecule has 0 aromatic heterocycles. The molecular formula is C16H16O2. The average molecular weight is 240 g/mol. The van der Waals surface area contributed by atoms with Gasteiger partial charge in [0.1, 0.15) is 0 Å². The van der Waals surface area contributed by atoms with Crippen molar-refractivity contribution >= 4 is 5.57 Å². The third-order valence-electron chi connectivity index (χ3n) is 2.92. The molecule has 2 rings (SSSR count). The van der Waals surface area contributed by atoms with E-state index in [1.807, 2.05) is 48.5 Å². The zero-order chi connectivity index (χ0) is 13.0. The molecule has 0 fully saturated rings. The maximum atomic E-state index is 9.13. The summed E-state index contributed by atoms with van der Waals surface area (Å²) in [6, 6.07) is 15.3. The predicted molar refractivity (Wildman–Crippen MR) is 72.9 cm³/mol. The third-order valence-corrected chi connectivity index (χ3v) is 2.92. The summed E-state index contributed by atoms with van der Waals surface area (Å²) in [5, 5.41) is 18.3. The van der Waals surface area contributed by atoms with Gasteiger partial charge in [-0.2, -0.15) is 0 Å². The number of aliphatic hydroxyl groups is 2. The summed E-state index contributed by atoms with van der Waals surface area (Å²) in [6.45, 7) is 4.13. The van der Waals surface area contributed by atoms with Gasteiger partial charge in [-0.05, 0) is 40.0 Å². The third kappa shape index (κ3) is 2.67. The van der Waals surface area contributed by atoms with Crippen molar-refractivity contribution < 1.29 is 10.2 Å². The molecule has 0 aliphatic rings. The van der Waals surface area contributed by atoms with E-state index in [0.29, 0.717) is 0 Å². The van der Waals surface area contributed by atoms with Crippen LogP contribution in [0.25, 0.3) is 5.57 Å². The van der Waals surface area contributed by atoms with Gasteiger partial charge in [-0.3, -0.25) is 0 Å². The highest BCUT2D eigenvalue weighted by Crippen LogP contribution is 2.23. The zero-order valence-electron chi connectivity index (χ0n) is 10.1. The van der Waals surface area contributed by atoms with Crippen molar-refractivity contribution in [1.82, 2.24) is 0 Å². The van der Waals surface area contributed by atoms with Crippen molar-refractivity contribution in [2.45, 2.75) is 13.2 Å². The van der Waals surface area contributed by atoms with Crippen molar-refractivity contribution in [3.05, 3.63) is 77.4 Å². The van der Waals surface area contributed by atoms with Gasteiger partial charge in [0.15, 0.2) is 0 Å². The van der Waals surface area contributed by atoms with Gasteiger partial charge >= 0.3 is 0 Å². The number of aliphatic hydroxyl groups excluding tert-OH is 2. The molecule has 2 N–H and O–H groups in total. The lowest BCUT2D eigenvalue weighted by atomic mass is 9.97. The van der Waals surface area contributed by atoms with Crippen LogP contribution in [0.4, 0.5) is 0 Å². The van der Waals surface area contributed by atoms with Crippen LogP contribution in [0.15, 0.2) is 55.1 Å². The van der Waals surface area contributed by atoms with Gasteiger partial charge in [-0.25, -0.2) is 0 Å². The minimum absolute atomic E-state index is 0.0256. The summed E-state index contributed by atoms with van der Waals surface area (Å²) in [5.74, 6) is 0. The van der Waals surface area contributed by atoms with Crippen LogP contribution < -0.4 is 0 Å². The Balaban J connectivity index is 2.34. The first kappa shape index (κ1) is 12.6. The van der Waals surface area contributed by atoms with E-state index in [2.05, 4.69) is 6.58 Å².